The molecule has 0 aliphatic heterocycles. The van der Waals surface area contributed by atoms with E-state index in [-0.39, 0.29) is 0 Å². The molecule has 0 aliphatic carbocycles. The van der Waals surface area contributed by atoms with Crippen molar-refractivity contribution in [1.82, 2.24) is 9.55 Å². The van der Waals surface area contributed by atoms with E-state index in [1.807, 2.05) is 11.6 Å². The lowest BCUT2D eigenvalue weighted by Crippen LogP contribution is -2.22. The fourth-order valence-electron chi connectivity index (χ4n) is 3.97. The summed E-state index contributed by atoms with van der Waals surface area (Å²) in [5.74, 6) is 0.538. The lowest BCUT2D eigenvalue weighted by atomic mass is 9.90. The number of hydrogen-bond acceptors (Lipinski definition) is 3. The van der Waals surface area contributed by atoms with Gasteiger partial charge in [-0.25, -0.2) is 4.98 Å². The zero-order valence-electron chi connectivity index (χ0n) is 16.9. The highest BCUT2D eigenvalue weighted by Gasteiger charge is 2.20. The molecule has 0 fully saturated rings. The number of hydrogen-bond donors (Lipinski definition) is 1. The predicted molar refractivity (Wildman–Crippen MR) is 118 cm³/mol. The summed E-state index contributed by atoms with van der Waals surface area (Å²) in [6.07, 6.45) is 1.84. The molecule has 0 amide bonds. The lowest BCUT2D eigenvalue weighted by molar-refractivity contribution is 0.862. The van der Waals surface area contributed by atoms with E-state index in [4.69, 9.17) is 22.3 Å². The highest BCUT2D eigenvalue weighted by Crippen LogP contribution is 2.39. The van der Waals surface area contributed by atoms with E-state index in [0.717, 1.165) is 47.6 Å². The summed E-state index contributed by atoms with van der Waals surface area (Å²) < 4.78 is 2.00. The third-order valence-electron chi connectivity index (χ3n) is 5.44. The third kappa shape index (κ3) is 3.27. The molecule has 2 N–H and O–H groups in total. The molecule has 0 aliphatic rings. The topological polar surface area (TPSA) is 47.1 Å². The van der Waals surface area contributed by atoms with Crippen LogP contribution in [0.15, 0.2) is 24.3 Å². The second-order valence-electron chi connectivity index (χ2n) is 6.84. The van der Waals surface area contributed by atoms with E-state index in [2.05, 4.69) is 56.9 Å². The Labute approximate surface area is 166 Å². The van der Waals surface area contributed by atoms with Crippen LogP contribution < -0.4 is 10.6 Å². The first-order valence-corrected chi connectivity index (χ1v) is 10.2. The molecule has 5 heteroatoms. The number of aryl methyl sites for hydroxylation is 3. The van der Waals surface area contributed by atoms with Gasteiger partial charge in [0.25, 0.3) is 0 Å². The highest BCUT2D eigenvalue weighted by atomic mass is 35.5. The molecule has 0 atom stereocenters. The Kier molecular flexibility index (Phi) is 5.66. The Morgan fingerprint density at radius 3 is 2.15 bits per heavy atom. The molecule has 0 unspecified atom stereocenters. The van der Waals surface area contributed by atoms with E-state index >= 15 is 0 Å². The number of halogens is 1. The number of anilines is 2. The summed E-state index contributed by atoms with van der Waals surface area (Å²) in [5.41, 5.74) is 14.3. The van der Waals surface area contributed by atoms with Gasteiger partial charge in [0.2, 0.25) is 5.95 Å². The van der Waals surface area contributed by atoms with E-state index in [0.29, 0.717) is 5.95 Å². The summed E-state index contributed by atoms with van der Waals surface area (Å²) >= 11 is 6.37. The molecule has 0 saturated heterocycles. The van der Waals surface area contributed by atoms with Crippen LogP contribution in [-0.2, 0) is 19.9 Å². The molecule has 3 aromatic rings. The predicted octanol–water partition coefficient (Wildman–Crippen LogP) is 5.45. The Bertz CT molecular complexity index is 945. The van der Waals surface area contributed by atoms with Crippen LogP contribution in [0.4, 0.5) is 11.6 Å². The molecule has 0 saturated carbocycles. The summed E-state index contributed by atoms with van der Waals surface area (Å²) in [6, 6.07) is 8.56. The van der Waals surface area contributed by atoms with Gasteiger partial charge < -0.3 is 15.2 Å². The van der Waals surface area contributed by atoms with Crippen LogP contribution in [0.1, 0.15) is 38.8 Å². The van der Waals surface area contributed by atoms with Gasteiger partial charge in [-0.05, 0) is 67.6 Å². The van der Waals surface area contributed by atoms with Gasteiger partial charge in [-0.1, -0.05) is 25.4 Å². The standard InChI is InChI=1S/C22H29ClN4/c1-6-14-12-16(23)13-15(7-2)19(14)17-10-11-18(27(8-3)9-4)21-20(17)25-22(24)26(21)5/h10-13H,6-9H2,1-5H3,(H2,24,25). The SMILES string of the molecule is CCc1cc(Cl)cc(CC)c1-c1ccc(N(CC)CC)c2c1nc(N)n2C. The van der Waals surface area contributed by atoms with E-state index in [1.165, 1.54) is 22.4 Å². The molecule has 144 valence electrons. The summed E-state index contributed by atoms with van der Waals surface area (Å²) in [6.45, 7) is 10.6. The van der Waals surface area contributed by atoms with Crippen molar-refractivity contribution in [3.8, 4) is 11.1 Å². The second kappa shape index (κ2) is 7.81. The zero-order valence-corrected chi connectivity index (χ0v) is 17.7. The van der Waals surface area contributed by atoms with Crippen molar-refractivity contribution >= 4 is 34.3 Å². The van der Waals surface area contributed by atoms with Crippen LogP contribution in [0, 0.1) is 0 Å². The highest BCUT2D eigenvalue weighted by molar-refractivity contribution is 6.30. The molecule has 3 rings (SSSR count). The molecule has 0 bridgehead atoms. The Balaban J connectivity index is 2.39. The average molecular weight is 385 g/mol. The summed E-state index contributed by atoms with van der Waals surface area (Å²) in [5, 5.41) is 0.795. The monoisotopic (exact) mass is 384 g/mol. The first-order chi connectivity index (χ1) is 13.0. The number of rotatable bonds is 6. The maximum Gasteiger partial charge on any atom is 0.201 e. The number of benzene rings is 2. The number of nitrogens with two attached hydrogens (primary N) is 1. The average Bonchev–Trinajstić information content (AvgIpc) is 2.97. The molecule has 4 nitrogen and oxygen atoms in total. The molecular weight excluding hydrogens is 356 g/mol. The normalized spacial score (nSPS) is 11.3. The van der Waals surface area contributed by atoms with Crippen molar-refractivity contribution in [3.05, 3.63) is 40.4 Å². The first-order valence-electron chi connectivity index (χ1n) is 9.78. The summed E-state index contributed by atoms with van der Waals surface area (Å²) in [7, 11) is 1.99. The molecular formula is C22H29ClN4. The number of aromatic nitrogens is 2. The smallest absolute Gasteiger partial charge is 0.201 e. The minimum absolute atomic E-state index is 0.538. The van der Waals surface area contributed by atoms with Crippen molar-refractivity contribution in [2.24, 2.45) is 7.05 Å². The summed E-state index contributed by atoms with van der Waals surface area (Å²) in [4.78, 5) is 7.10. The molecule has 0 radical (unpaired) electrons. The number of imidazole rings is 1. The van der Waals surface area contributed by atoms with Crippen LogP contribution in [0.2, 0.25) is 5.02 Å². The number of fused-ring (bicyclic) bond motifs is 1. The molecule has 0 spiro atoms. The van der Waals surface area contributed by atoms with Crippen molar-refractivity contribution in [3.63, 3.8) is 0 Å². The Morgan fingerprint density at radius 1 is 1.04 bits per heavy atom. The third-order valence-corrected chi connectivity index (χ3v) is 5.66. The minimum atomic E-state index is 0.538. The largest absolute Gasteiger partial charge is 0.370 e. The fourth-order valence-corrected chi connectivity index (χ4v) is 4.23. The molecule has 2 aromatic carbocycles. The quantitative estimate of drug-likeness (QED) is 0.614. The van der Waals surface area contributed by atoms with Crippen LogP contribution >= 0.6 is 11.6 Å². The fraction of sp³-hybridized carbons (Fsp3) is 0.409. The maximum absolute atomic E-state index is 6.37. The molecule has 27 heavy (non-hydrogen) atoms. The number of nitrogens with zero attached hydrogens (tertiary/aromatic N) is 3. The van der Waals surface area contributed by atoms with Gasteiger partial charge in [0.15, 0.2) is 0 Å². The van der Waals surface area contributed by atoms with Gasteiger partial charge in [0.1, 0.15) is 5.52 Å². The Morgan fingerprint density at radius 2 is 1.63 bits per heavy atom. The van der Waals surface area contributed by atoms with Gasteiger partial charge in [0, 0.05) is 30.7 Å². The second-order valence-corrected chi connectivity index (χ2v) is 7.27. The Hall–Kier alpha value is -2.20. The van der Waals surface area contributed by atoms with Gasteiger partial charge in [-0.2, -0.15) is 0 Å². The minimum Gasteiger partial charge on any atom is -0.370 e. The number of nitrogen functional groups attached to an aromatic ring is 1. The van der Waals surface area contributed by atoms with Crippen molar-refractivity contribution < 1.29 is 0 Å². The van der Waals surface area contributed by atoms with Crippen LogP contribution in [0.5, 0.6) is 0 Å². The van der Waals surface area contributed by atoms with Gasteiger partial charge in [-0.3, -0.25) is 0 Å². The molecule has 1 aromatic heterocycles. The van der Waals surface area contributed by atoms with Crippen LogP contribution in [-0.4, -0.2) is 22.6 Å². The lowest BCUT2D eigenvalue weighted by Gasteiger charge is -2.23. The van der Waals surface area contributed by atoms with Crippen molar-refractivity contribution in [1.29, 1.82) is 0 Å². The first kappa shape index (κ1) is 19.6. The van der Waals surface area contributed by atoms with Gasteiger partial charge in [0.05, 0.1) is 11.2 Å². The van der Waals surface area contributed by atoms with E-state index in [1.54, 1.807) is 0 Å². The van der Waals surface area contributed by atoms with E-state index in [9.17, 15) is 0 Å². The van der Waals surface area contributed by atoms with Gasteiger partial charge in [-0.15, -0.1) is 0 Å². The van der Waals surface area contributed by atoms with Crippen LogP contribution in [0.25, 0.3) is 22.2 Å². The van der Waals surface area contributed by atoms with E-state index < -0.39 is 0 Å². The molecule has 1 heterocycles. The van der Waals surface area contributed by atoms with Crippen molar-refractivity contribution in [2.75, 3.05) is 23.7 Å². The van der Waals surface area contributed by atoms with Crippen LogP contribution in [0.3, 0.4) is 0 Å². The maximum atomic E-state index is 6.37. The van der Waals surface area contributed by atoms with Crippen molar-refractivity contribution in [2.45, 2.75) is 40.5 Å². The zero-order chi connectivity index (χ0) is 19.7. The van der Waals surface area contributed by atoms with Gasteiger partial charge >= 0.3 is 0 Å².